The van der Waals surface area contributed by atoms with Crippen LogP contribution in [0.4, 0.5) is 0 Å². The summed E-state index contributed by atoms with van der Waals surface area (Å²) < 4.78 is 0.924. The maximum absolute atomic E-state index is 10.1. The zero-order chi connectivity index (χ0) is 12.1. The van der Waals surface area contributed by atoms with Gasteiger partial charge in [-0.2, -0.15) is 0 Å². The molecule has 0 aliphatic heterocycles. The van der Waals surface area contributed by atoms with Gasteiger partial charge in [0, 0.05) is 9.50 Å². The molecule has 0 radical (unpaired) electrons. The molecule has 1 aromatic rings. The van der Waals surface area contributed by atoms with E-state index in [1.165, 1.54) is 0 Å². The minimum absolute atomic E-state index is 0.436. The summed E-state index contributed by atoms with van der Waals surface area (Å²) in [7, 11) is 0. The molecule has 0 aromatic heterocycles. The number of hydrogen-bond acceptors (Lipinski definition) is 1. The van der Waals surface area contributed by atoms with Crippen LogP contribution >= 0.6 is 27.5 Å². The molecule has 2 unspecified atom stereocenters. The van der Waals surface area contributed by atoms with Gasteiger partial charge in [0.05, 0.1) is 6.10 Å². The molecule has 2 atom stereocenters. The Labute approximate surface area is 111 Å². The minimum atomic E-state index is -0.436. The van der Waals surface area contributed by atoms with Gasteiger partial charge in [0.2, 0.25) is 0 Å². The van der Waals surface area contributed by atoms with Crippen LogP contribution in [-0.2, 0) is 0 Å². The number of halogens is 2. The molecule has 0 aliphatic carbocycles. The standard InChI is InChI=1S/C13H18BrClO/c1-3-4-9(2)7-13(16)11-8-10(15)5-6-12(11)14/h5-6,8-9,13,16H,3-4,7H2,1-2H3. The number of hydrogen-bond donors (Lipinski definition) is 1. The maximum atomic E-state index is 10.1. The second kappa shape index (κ2) is 6.63. The lowest BCUT2D eigenvalue weighted by atomic mass is 9.95. The van der Waals surface area contributed by atoms with Gasteiger partial charge < -0.3 is 5.11 Å². The van der Waals surface area contributed by atoms with Crippen molar-refractivity contribution < 1.29 is 5.11 Å². The molecule has 0 aliphatic rings. The van der Waals surface area contributed by atoms with E-state index in [1.54, 1.807) is 0 Å². The van der Waals surface area contributed by atoms with E-state index in [0.717, 1.165) is 29.3 Å². The summed E-state index contributed by atoms with van der Waals surface area (Å²) in [6.45, 7) is 4.34. The van der Waals surface area contributed by atoms with Gasteiger partial charge >= 0.3 is 0 Å². The topological polar surface area (TPSA) is 20.2 Å². The Hall–Kier alpha value is -0.0500. The fourth-order valence-corrected chi connectivity index (χ4v) is 2.58. The monoisotopic (exact) mass is 304 g/mol. The third-order valence-electron chi connectivity index (χ3n) is 2.72. The molecule has 1 aromatic carbocycles. The van der Waals surface area contributed by atoms with Gasteiger partial charge in [-0.15, -0.1) is 0 Å². The predicted octanol–water partition coefficient (Wildman–Crippen LogP) is 4.96. The minimum Gasteiger partial charge on any atom is -0.388 e. The molecular weight excluding hydrogens is 287 g/mol. The fraction of sp³-hybridized carbons (Fsp3) is 0.538. The molecule has 0 fully saturated rings. The fourth-order valence-electron chi connectivity index (χ4n) is 1.89. The predicted molar refractivity (Wildman–Crippen MR) is 72.8 cm³/mol. The number of benzene rings is 1. The highest BCUT2D eigenvalue weighted by Gasteiger charge is 2.15. The third-order valence-corrected chi connectivity index (χ3v) is 3.68. The molecule has 0 saturated heterocycles. The normalized spacial score (nSPS) is 14.8. The average molecular weight is 306 g/mol. The molecule has 90 valence electrons. The molecule has 1 nitrogen and oxygen atoms in total. The number of rotatable bonds is 5. The highest BCUT2D eigenvalue weighted by molar-refractivity contribution is 9.10. The van der Waals surface area contributed by atoms with Crippen LogP contribution in [0.5, 0.6) is 0 Å². The van der Waals surface area contributed by atoms with E-state index < -0.39 is 6.10 Å². The Bertz CT molecular complexity index is 341. The molecule has 0 amide bonds. The van der Waals surface area contributed by atoms with Crippen LogP contribution < -0.4 is 0 Å². The Morgan fingerprint density at radius 1 is 1.44 bits per heavy atom. The van der Waals surface area contributed by atoms with Crippen molar-refractivity contribution >= 4 is 27.5 Å². The van der Waals surface area contributed by atoms with E-state index in [1.807, 2.05) is 18.2 Å². The Kier molecular flexibility index (Phi) is 5.81. The number of aliphatic hydroxyl groups excluding tert-OH is 1. The Morgan fingerprint density at radius 3 is 2.75 bits per heavy atom. The first-order valence-corrected chi connectivity index (χ1v) is 6.84. The van der Waals surface area contributed by atoms with Gasteiger partial charge in [-0.1, -0.05) is 54.2 Å². The van der Waals surface area contributed by atoms with Crippen LogP contribution in [0.25, 0.3) is 0 Å². The molecular formula is C13H18BrClO. The zero-order valence-electron chi connectivity index (χ0n) is 9.71. The van der Waals surface area contributed by atoms with Crippen LogP contribution in [0.2, 0.25) is 5.02 Å². The quantitative estimate of drug-likeness (QED) is 0.815. The van der Waals surface area contributed by atoms with Crippen molar-refractivity contribution in [2.45, 2.75) is 39.2 Å². The van der Waals surface area contributed by atoms with Crippen LogP contribution in [0.3, 0.4) is 0 Å². The summed E-state index contributed by atoms with van der Waals surface area (Å²) in [5.74, 6) is 0.533. The van der Waals surface area contributed by atoms with E-state index in [4.69, 9.17) is 11.6 Å². The average Bonchev–Trinajstić information content (AvgIpc) is 2.21. The smallest absolute Gasteiger partial charge is 0.0804 e. The van der Waals surface area contributed by atoms with E-state index in [2.05, 4.69) is 29.8 Å². The lowest BCUT2D eigenvalue weighted by Crippen LogP contribution is -2.05. The van der Waals surface area contributed by atoms with Gasteiger partial charge in [0.1, 0.15) is 0 Å². The highest BCUT2D eigenvalue weighted by Crippen LogP contribution is 2.31. The maximum Gasteiger partial charge on any atom is 0.0804 e. The van der Waals surface area contributed by atoms with Crippen molar-refractivity contribution in [2.24, 2.45) is 5.92 Å². The molecule has 16 heavy (non-hydrogen) atoms. The van der Waals surface area contributed by atoms with E-state index in [9.17, 15) is 5.11 Å². The second-order valence-electron chi connectivity index (χ2n) is 4.31. The van der Waals surface area contributed by atoms with Crippen molar-refractivity contribution in [3.8, 4) is 0 Å². The molecule has 1 rings (SSSR count). The molecule has 1 N–H and O–H groups in total. The van der Waals surface area contributed by atoms with Crippen molar-refractivity contribution in [3.63, 3.8) is 0 Å². The summed E-state index contributed by atoms with van der Waals surface area (Å²) >= 11 is 9.37. The van der Waals surface area contributed by atoms with Crippen molar-refractivity contribution in [3.05, 3.63) is 33.3 Å². The van der Waals surface area contributed by atoms with Crippen molar-refractivity contribution in [2.75, 3.05) is 0 Å². The second-order valence-corrected chi connectivity index (χ2v) is 5.60. The van der Waals surface area contributed by atoms with Crippen LogP contribution in [0, 0.1) is 5.92 Å². The first kappa shape index (κ1) is 14.0. The van der Waals surface area contributed by atoms with Crippen molar-refractivity contribution in [1.29, 1.82) is 0 Å². The molecule has 3 heteroatoms. The Morgan fingerprint density at radius 2 is 2.12 bits per heavy atom. The Balaban J connectivity index is 2.72. The van der Waals surface area contributed by atoms with Crippen LogP contribution in [0.15, 0.2) is 22.7 Å². The van der Waals surface area contributed by atoms with E-state index in [-0.39, 0.29) is 0 Å². The van der Waals surface area contributed by atoms with E-state index >= 15 is 0 Å². The van der Waals surface area contributed by atoms with Crippen molar-refractivity contribution in [1.82, 2.24) is 0 Å². The third kappa shape index (κ3) is 4.08. The summed E-state index contributed by atoms with van der Waals surface area (Å²) in [4.78, 5) is 0. The van der Waals surface area contributed by atoms with Gasteiger partial charge in [-0.3, -0.25) is 0 Å². The van der Waals surface area contributed by atoms with Gasteiger partial charge in [0.15, 0.2) is 0 Å². The lowest BCUT2D eigenvalue weighted by molar-refractivity contribution is 0.144. The molecule has 0 saturated carbocycles. The van der Waals surface area contributed by atoms with Crippen LogP contribution in [-0.4, -0.2) is 5.11 Å². The summed E-state index contributed by atoms with van der Waals surface area (Å²) in [6.07, 6.45) is 2.65. The molecule has 0 spiro atoms. The van der Waals surface area contributed by atoms with Crippen LogP contribution in [0.1, 0.15) is 44.8 Å². The first-order valence-electron chi connectivity index (χ1n) is 5.67. The van der Waals surface area contributed by atoms with E-state index in [0.29, 0.717) is 10.9 Å². The summed E-state index contributed by atoms with van der Waals surface area (Å²) in [5.41, 5.74) is 0.885. The number of aliphatic hydroxyl groups is 1. The highest BCUT2D eigenvalue weighted by atomic mass is 79.9. The van der Waals surface area contributed by atoms with Gasteiger partial charge in [0.25, 0.3) is 0 Å². The summed E-state index contributed by atoms with van der Waals surface area (Å²) in [5, 5.41) is 10.8. The lowest BCUT2D eigenvalue weighted by Gasteiger charge is -2.17. The SMILES string of the molecule is CCCC(C)CC(O)c1cc(Cl)ccc1Br. The molecule has 0 bridgehead atoms. The van der Waals surface area contributed by atoms with Gasteiger partial charge in [-0.25, -0.2) is 0 Å². The molecule has 0 heterocycles. The van der Waals surface area contributed by atoms with Gasteiger partial charge in [-0.05, 0) is 36.1 Å². The zero-order valence-corrected chi connectivity index (χ0v) is 12.1. The summed E-state index contributed by atoms with van der Waals surface area (Å²) in [6, 6.07) is 5.53. The first-order chi connectivity index (χ1) is 7.54. The largest absolute Gasteiger partial charge is 0.388 e.